The molecule has 3 aromatic rings. The summed E-state index contributed by atoms with van der Waals surface area (Å²) in [7, 11) is 0. The van der Waals surface area contributed by atoms with Gasteiger partial charge in [-0.3, -0.25) is 14.4 Å². The summed E-state index contributed by atoms with van der Waals surface area (Å²) in [5, 5.41) is 13.6. The first-order valence-electron chi connectivity index (χ1n) is 15.1. The molecule has 0 bridgehead atoms. The number of aromatic nitrogens is 1. The van der Waals surface area contributed by atoms with Crippen LogP contribution in [0.15, 0.2) is 54.0 Å². The molecule has 3 heterocycles. The van der Waals surface area contributed by atoms with Gasteiger partial charge >= 0.3 is 0 Å². The topological polar surface area (TPSA) is 103 Å². The van der Waals surface area contributed by atoms with Crippen LogP contribution in [-0.2, 0) is 16.1 Å². The van der Waals surface area contributed by atoms with E-state index in [0.29, 0.717) is 12.0 Å². The van der Waals surface area contributed by atoms with Gasteiger partial charge < -0.3 is 20.2 Å². The van der Waals surface area contributed by atoms with Gasteiger partial charge in [-0.1, -0.05) is 77.1 Å². The number of nitrogens with one attached hydrogen (secondary N) is 1. The van der Waals surface area contributed by atoms with E-state index in [9.17, 15) is 19.5 Å². The molecule has 10 heteroatoms. The zero-order valence-corrected chi connectivity index (χ0v) is 26.9. The highest BCUT2D eigenvalue weighted by Gasteiger charge is 2.51. The molecule has 1 aromatic heterocycles. The molecule has 2 aliphatic rings. The van der Waals surface area contributed by atoms with Crippen LogP contribution in [0.3, 0.4) is 0 Å². The third kappa shape index (κ3) is 6.28. The van der Waals surface area contributed by atoms with Gasteiger partial charge in [0, 0.05) is 12.1 Å². The van der Waals surface area contributed by atoms with E-state index >= 15 is 4.39 Å². The van der Waals surface area contributed by atoms with Gasteiger partial charge in [-0.2, -0.15) is 0 Å². The Morgan fingerprint density at radius 1 is 1.14 bits per heavy atom. The molecule has 0 spiro atoms. The number of thiazole rings is 1. The Kier molecular flexibility index (Phi) is 8.96. The average Bonchev–Trinajstić information content (AvgIpc) is 3.63. The summed E-state index contributed by atoms with van der Waals surface area (Å²) < 4.78 is 15.6. The van der Waals surface area contributed by atoms with Crippen molar-refractivity contribution in [2.24, 2.45) is 11.3 Å². The first kappa shape index (κ1) is 31.8. The maximum Gasteiger partial charge on any atom is 0.255 e. The number of nitrogens with zero attached hydrogens (tertiary/aromatic N) is 3. The highest BCUT2D eigenvalue weighted by molar-refractivity contribution is 7.13. The Morgan fingerprint density at radius 2 is 1.82 bits per heavy atom. The molecule has 3 amide bonds. The molecule has 2 aliphatic heterocycles. The summed E-state index contributed by atoms with van der Waals surface area (Å²) in [6.07, 6.45) is -2.92. The molecule has 1 saturated heterocycles. The van der Waals surface area contributed by atoms with Crippen LogP contribution in [0.2, 0.25) is 0 Å². The molecule has 2 aromatic carbocycles. The zero-order valence-electron chi connectivity index (χ0n) is 26.1. The van der Waals surface area contributed by atoms with Gasteiger partial charge in [0.15, 0.2) is 6.17 Å². The largest absolute Gasteiger partial charge is 0.388 e. The SMILES string of the molecule is Cc1ncsc1-c1ccc([C@H](CC(C)(C)C)NC(=O)[C@@H]2[C@@H](F)[C@@H](O)CN2C(=O)[C@H](C(C)C)N2Cc3ccccc3C2=O)cc1. The fourth-order valence-corrected chi connectivity index (χ4v) is 7.14. The number of carbonyl (C=O) groups is 3. The van der Waals surface area contributed by atoms with Gasteiger partial charge in [-0.05, 0) is 47.4 Å². The predicted molar refractivity (Wildman–Crippen MR) is 169 cm³/mol. The van der Waals surface area contributed by atoms with Crippen molar-refractivity contribution in [3.63, 3.8) is 0 Å². The van der Waals surface area contributed by atoms with Crippen LogP contribution in [0.4, 0.5) is 4.39 Å². The molecule has 0 aliphatic carbocycles. The smallest absolute Gasteiger partial charge is 0.255 e. The molecule has 2 N–H and O–H groups in total. The second-order valence-electron chi connectivity index (χ2n) is 13.4. The summed E-state index contributed by atoms with van der Waals surface area (Å²) in [4.78, 5) is 49.4. The van der Waals surface area contributed by atoms with E-state index in [1.54, 1.807) is 29.0 Å². The fourth-order valence-electron chi connectivity index (χ4n) is 6.33. The number of aliphatic hydroxyl groups excluding tert-OH is 1. The standard InChI is InChI=1S/C34H41FN4O4S/c1-19(2)28(38-16-23-9-7-8-10-24(23)32(38)42)33(43)39-17-26(40)27(35)29(39)31(41)37-25(15-34(4,5)6)21-11-13-22(14-12-21)30-20(3)36-18-44-30/h7-14,18-19,25-29,40H,15-17H2,1-6H3,(H,37,41)/t25-,26-,27-,28-,29-/m0/s1. The van der Waals surface area contributed by atoms with E-state index in [1.807, 2.05) is 57.2 Å². The monoisotopic (exact) mass is 620 g/mol. The number of β-amino-alcohol motifs (C(OH)–C–C–N with tert-alkyl or cyclic N) is 1. The van der Waals surface area contributed by atoms with Crippen molar-refractivity contribution in [2.45, 2.75) is 84.9 Å². The maximum absolute atomic E-state index is 15.6. The Balaban J connectivity index is 1.40. The number of benzene rings is 2. The molecule has 8 nitrogen and oxygen atoms in total. The van der Waals surface area contributed by atoms with Crippen molar-refractivity contribution in [1.29, 1.82) is 0 Å². The van der Waals surface area contributed by atoms with Gasteiger partial charge in [-0.15, -0.1) is 11.3 Å². The first-order valence-corrected chi connectivity index (χ1v) is 16.0. The molecule has 5 rings (SSSR count). The third-order valence-electron chi connectivity index (χ3n) is 8.46. The maximum atomic E-state index is 15.6. The number of likely N-dealkylation sites (tertiary alicyclic amines) is 1. The van der Waals surface area contributed by atoms with Gasteiger partial charge in [0.05, 0.1) is 28.7 Å². The summed E-state index contributed by atoms with van der Waals surface area (Å²) >= 11 is 1.56. The first-order chi connectivity index (χ1) is 20.8. The number of fused-ring (bicyclic) bond motifs is 1. The molecule has 5 atom stereocenters. The molecule has 0 unspecified atom stereocenters. The van der Waals surface area contributed by atoms with Crippen LogP contribution in [0.1, 0.15) is 74.3 Å². The lowest BCUT2D eigenvalue weighted by atomic mass is 9.85. The van der Waals surface area contributed by atoms with Crippen molar-refractivity contribution in [2.75, 3.05) is 6.54 Å². The van der Waals surface area contributed by atoms with E-state index in [1.165, 1.54) is 4.90 Å². The summed E-state index contributed by atoms with van der Waals surface area (Å²) in [6, 6.07) is 12.2. The highest BCUT2D eigenvalue weighted by Crippen LogP contribution is 2.34. The number of hydrogen-bond donors (Lipinski definition) is 2. The van der Waals surface area contributed by atoms with Crippen LogP contribution in [0, 0.1) is 18.3 Å². The Bertz CT molecular complexity index is 1530. The van der Waals surface area contributed by atoms with Crippen molar-refractivity contribution in [3.05, 3.63) is 76.4 Å². The van der Waals surface area contributed by atoms with Crippen LogP contribution in [0.5, 0.6) is 0 Å². The normalized spacial score (nSPS) is 21.5. The minimum absolute atomic E-state index is 0.182. The minimum Gasteiger partial charge on any atom is -0.388 e. The van der Waals surface area contributed by atoms with E-state index < -0.39 is 42.2 Å². The Hall–Kier alpha value is -3.63. The average molecular weight is 621 g/mol. The number of alkyl halides is 1. The minimum atomic E-state index is -1.97. The highest BCUT2D eigenvalue weighted by atomic mass is 32.1. The van der Waals surface area contributed by atoms with Crippen molar-refractivity contribution < 1.29 is 23.9 Å². The summed E-state index contributed by atoms with van der Waals surface area (Å²) in [6.45, 7) is 11.7. The number of hydrogen-bond acceptors (Lipinski definition) is 6. The van der Waals surface area contributed by atoms with Crippen molar-refractivity contribution in [3.8, 4) is 10.4 Å². The Morgan fingerprint density at radius 3 is 2.41 bits per heavy atom. The number of amides is 3. The second-order valence-corrected chi connectivity index (χ2v) is 14.3. The van der Waals surface area contributed by atoms with E-state index in [4.69, 9.17) is 0 Å². The molecule has 0 radical (unpaired) electrons. The predicted octanol–water partition coefficient (Wildman–Crippen LogP) is 5.30. The van der Waals surface area contributed by atoms with Crippen LogP contribution in [0.25, 0.3) is 10.4 Å². The number of carbonyl (C=O) groups excluding carboxylic acids is 3. The lowest BCUT2D eigenvalue weighted by molar-refractivity contribution is -0.144. The fraction of sp³-hybridized carbons (Fsp3) is 0.471. The lowest BCUT2D eigenvalue weighted by Gasteiger charge is -2.36. The molecular weight excluding hydrogens is 579 g/mol. The van der Waals surface area contributed by atoms with E-state index in [2.05, 4.69) is 31.1 Å². The quantitative estimate of drug-likeness (QED) is 0.356. The number of aliphatic hydroxyl groups is 1. The number of aryl methyl sites for hydroxylation is 1. The molecule has 44 heavy (non-hydrogen) atoms. The molecular formula is C34H41FN4O4S. The van der Waals surface area contributed by atoms with Gasteiger partial charge in [0.25, 0.3) is 5.91 Å². The van der Waals surface area contributed by atoms with Gasteiger partial charge in [0.2, 0.25) is 11.8 Å². The van der Waals surface area contributed by atoms with Crippen LogP contribution < -0.4 is 5.32 Å². The summed E-state index contributed by atoms with van der Waals surface area (Å²) in [5.74, 6) is -1.79. The zero-order chi connectivity index (χ0) is 31.9. The van der Waals surface area contributed by atoms with Gasteiger partial charge in [0.1, 0.15) is 18.2 Å². The van der Waals surface area contributed by atoms with Gasteiger partial charge in [-0.25, -0.2) is 9.37 Å². The summed E-state index contributed by atoms with van der Waals surface area (Å²) in [5.41, 5.74) is 5.79. The number of rotatable bonds is 8. The molecule has 0 saturated carbocycles. The third-order valence-corrected chi connectivity index (χ3v) is 9.44. The molecule has 234 valence electrons. The van der Waals surface area contributed by atoms with Crippen LogP contribution in [-0.4, -0.2) is 68.5 Å². The number of halogens is 1. The second kappa shape index (κ2) is 12.4. The lowest BCUT2D eigenvalue weighted by Crippen LogP contribution is -2.57. The Labute approximate surface area is 262 Å². The van der Waals surface area contributed by atoms with E-state index in [0.717, 1.165) is 32.2 Å². The molecule has 1 fully saturated rings. The van der Waals surface area contributed by atoms with Crippen molar-refractivity contribution in [1.82, 2.24) is 20.1 Å². The van der Waals surface area contributed by atoms with Crippen molar-refractivity contribution >= 4 is 29.1 Å². The van der Waals surface area contributed by atoms with Crippen LogP contribution >= 0.6 is 11.3 Å². The van der Waals surface area contributed by atoms with E-state index in [-0.39, 0.29) is 30.3 Å².